The molecule has 0 fully saturated rings. The van der Waals surface area contributed by atoms with Gasteiger partial charge < -0.3 is 10.4 Å². The lowest BCUT2D eigenvalue weighted by Crippen LogP contribution is -2.49. The highest BCUT2D eigenvalue weighted by Crippen LogP contribution is 2.20. The Morgan fingerprint density at radius 3 is 2.65 bits per heavy atom. The van der Waals surface area contributed by atoms with E-state index in [1.807, 2.05) is 6.07 Å². The minimum absolute atomic E-state index is 0.257. The maximum Gasteiger partial charge on any atom is 0.328 e. The van der Waals surface area contributed by atoms with E-state index in [1.54, 1.807) is 5.38 Å². The number of hydrogen-bond acceptors (Lipinski definition) is 3. The molecule has 0 atom stereocenters. The lowest BCUT2D eigenvalue weighted by molar-refractivity contribution is -0.146. The van der Waals surface area contributed by atoms with Crippen molar-refractivity contribution in [1.82, 2.24) is 5.32 Å². The molecule has 0 aliphatic rings. The molecule has 0 bridgehead atoms. The number of nitrogens with one attached hydrogen (secondary N) is 1. The van der Waals surface area contributed by atoms with Crippen LogP contribution in [-0.4, -0.2) is 22.5 Å². The molecule has 0 saturated heterocycles. The van der Waals surface area contributed by atoms with Crippen LogP contribution in [0.15, 0.2) is 11.4 Å². The van der Waals surface area contributed by atoms with Crippen LogP contribution < -0.4 is 5.32 Å². The topological polar surface area (TPSA) is 66.4 Å². The number of thiophene rings is 1. The Morgan fingerprint density at radius 1 is 1.53 bits per heavy atom. The number of hydrogen-bond donors (Lipinski definition) is 2. The first-order valence-electron chi connectivity index (χ1n) is 5.08. The fourth-order valence-electron chi connectivity index (χ4n) is 1.19. The van der Waals surface area contributed by atoms with Gasteiger partial charge in [-0.2, -0.15) is 0 Å². The molecule has 1 amide bonds. The van der Waals surface area contributed by atoms with Gasteiger partial charge in [-0.1, -0.05) is 11.6 Å². The van der Waals surface area contributed by atoms with E-state index in [9.17, 15) is 9.59 Å². The Bertz CT molecular complexity index is 428. The molecular formula is C11H14ClNO3S. The van der Waals surface area contributed by atoms with E-state index in [-0.39, 0.29) is 12.3 Å². The molecule has 1 aromatic heterocycles. The summed E-state index contributed by atoms with van der Waals surface area (Å²) in [4.78, 5) is 23.4. The molecule has 1 rings (SSSR count). The predicted molar refractivity (Wildman–Crippen MR) is 67.5 cm³/mol. The van der Waals surface area contributed by atoms with Crippen LogP contribution in [0.4, 0.5) is 0 Å². The summed E-state index contributed by atoms with van der Waals surface area (Å²) in [5, 5.41) is 13.8. The average Bonchev–Trinajstić information content (AvgIpc) is 2.60. The summed E-state index contributed by atoms with van der Waals surface area (Å²) < 4.78 is 0. The molecule has 0 saturated carbocycles. The van der Waals surface area contributed by atoms with Crippen LogP contribution in [0, 0.1) is 0 Å². The zero-order valence-electron chi connectivity index (χ0n) is 9.62. The van der Waals surface area contributed by atoms with Crippen molar-refractivity contribution in [3.05, 3.63) is 21.3 Å². The molecule has 0 aliphatic carbocycles. The number of amides is 1. The van der Waals surface area contributed by atoms with Crippen LogP contribution in [0.1, 0.15) is 25.1 Å². The number of carbonyl (C=O) groups is 2. The van der Waals surface area contributed by atoms with Crippen molar-refractivity contribution < 1.29 is 14.7 Å². The van der Waals surface area contributed by atoms with E-state index >= 15 is 0 Å². The molecule has 4 nitrogen and oxygen atoms in total. The molecule has 2 N–H and O–H groups in total. The molecule has 0 aliphatic heterocycles. The largest absolute Gasteiger partial charge is 0.480 e. The number of carboxylic acids is 1. The van der Waals surface area contributed by atoms with Gasteiger partial charge in [-0.15, -0.1) is 11.3 Å². The summed E-state index contributed by atoms with van der Waals surface area (Å²) in [6, 6.07) is 1.81. The molecule has 0 radical (unpaired) electrons. The van der Waals surface area contributed by atoms with E-state index in [1.165, 1.54) is 25.2 Å². The normalized spacial score (nSPS) is 11.2. The summed E-state index contributed by atoms with van der Waals surface area (Å²) in [5.41, 5.74) is -1.23. The number of aryl methyl sites for hydroxylation is 1. The van der Waals surface area contributed by atoms with E-state index in [0.29, 0.717) is 11.4 Å². The van der Waals surface area contributed by atoms with E-state index in [2.05, 4.69) is 5.32 Å². The van der Waals surface area contributed by atoms with E-state index in [0.717, 1.165) is 4.88 Å². The Morgan fingerprint density at radius 2 is 2.18 bits per heavy atom. The summed E-state index contributed by atoms with van der Waals surface area (Å²) in [7, 11) is 0. The van der Waals surface area contributed by atoms with Gasteiger partial charge in [0.15, 0.2) is 0 Å². The van der Waals surface area contributed by atoms with Crippen molar-refractivity contribution in [2.75, 3.05) is 0 Å². The van der Waals surface area contributed by atoms with Gasteiger partial charge in [-0.25, -0.2) is 4.79 Å². The fraction of sp³-hybridized carbons (Fsp3) is 0.455. The van der Waals surface area contributed by atoms with E-state index < -0.39 is 11.5 Å². The first kappa shape index (κ1) is 14.0. The Labute approximate surface area is 109 Å². The van der Waals surface area contributed by atoms with Gasteiger partial charge in [-0.3, -0.25) is 4.79 Å². The molecule has 0 unspecified atom stereocenters. The zero-order valence-corrected chi connectivity index (χ0v) is 11.2. The third kappa shape index (κ3) is 4.36. The van der Waals surface area contributed by atoms with Gasteiger partial charge in [0.1, 0.15) is 5.54 Å². The molecular weight excluding hydrogens is 262 g/mol. The summed E-state index contributed by atoms with van der Waals surface area (Å²) in [5.74, 6) is -1.33. The first-order valence-corrected chi connectivity index (χ1v) is 6.34. The number of carboxylic acid groups (broad SMARTS) is 1. The van der Waals surface area contributed by atoms with Crippen LogP contribution in [0.25, 0.3) is 0 Å². The number of carbonyl (C=O) groups excluding carboxylic acids is 1. The lowest BCUT2D eigenvalue weighted by atomic mass is 10.1. The standard InChI is InChI=1S/C11H14ClNO3S/c1-11(2,10(15)16)13-9(14)4-3-8-5-7(12)6-17-8/h5-6H,3-4H2,1-2H3,(H,13,14)(H,15,16). The number of halogens is 1. The summed E-state index contributed by atoms with van der Waals surface area (Å²) in [6.07, 6.45) is 0.826. The Kier molecular flexibility index (Phi) is 4.54. The molecule has 17 heavy (non-hydrogen) atoms. The van der Waals surface area contributed by atoms with E-state index in [4.69, 9.17) is 16.7 Å². The summed E-state index contributed by atoms with van der Waals surface area (Å²) >= 11 is 7.24. The minimum Gasteiger partial charge on any atom is -0.480 e. The Balaban J connectivity index is 2.43. The molecule has 6 heteroatoms. The number of rotatable bonds is 5. The van der Waals surface area contributed by atoms with Crippen molar-refractivity contribution >= 4 is 34.8 Å². The predicted octanol–water partition coefficient (Wildman–Crippen LogP) is 2.31. The van der Waals surface area contributed by atoms with Gasteiger partial charge in [0.2, 0.25) is 5.91 Å². The van der Waals surface area contributed by atoms with Crippen LogP contribution in [-0.2, 0) is 16.0 Å². The first-order chi connectivity index (χ1) is 7.81. The zero-order chi connectivity index (χ0) is 13.1. The third-order valence-corrected chi connectivity index (χ3v) is 3.55. The molecule has 1 heterocycles. The fourth-order valence-corrected chi connectivity index (χ4v) is 2.26. The SMILES string of the molecule is CC(C)(NC(=O)CCc1cc(Cl)cs1)C(=O)O. The second-order valence-electron chi connectivity index (χ2n) is 4.21. The van der Waals surface area contributed by atoms with Gasteiger partial charge in [0.25, 0.3) is 0 Å². The highest BCUT2D eigenvalue weighted by atomic mass is 35.5. The lowest BCUT2D eigenvalue weighted by Gasteiger charge is -2.20. The van der Waals surface area contributed by atoms with Crippen molar-refractivity contribution in [3.8, 4) is 0 Å². The van der Waals surface area contributed by atoms with Crippen molar-refractivity contribution in [2.24, 2.45) is 0 Å². The smallest absolute Gasteiger partial charge is 0.328 e. The molecule has 94 valence electrons. The molecule has 0 aromatic carbocycles. The van der Waals surface area contributed by atoms with Crippen molar-refractivity contribution in [1.29, 1.82) is 0 Å². The quantitative estimate of drug-likeness (QED) is 0.867. The van der Waals surface area contributed by atoms with Crippen LogP contribution >= 0.6 is 22.9 Å². The highest BCUT2D eigenvalue weighted by molar-refractivity contribution is 7.10. The van der Waals surface area contributed by atoms with Gasteiger partial charge >= 0.3 is 5.97 Å². The maximum atomic E-state index is 11.5. The summed E-state index contributed by atoms with van der Waals surface area (Å²) in [6.45, 7) is 2.91. The second kappa shape index (κ2) is 5.51. The highest BCUT2D eigenvalue weighted by Gasteiger charge is 2.28. The maximum absolute atomic E-state index is 11.5. The molecule has 0 spiro atoms. The molecule has 1 aromatic rings. The van der Waals surface area contributed by atoms with Crippen LogP contribution in [0.3, 0.4) is 0 Å². The van der Waals surface area contributed by atoms with Crippen LogP contribution in [0.2, 0.25) is 5.02 Å². The Hall–Kier alpha value is -1.07. The monoisotopic (exact) mass is 275 g/mol. The van der Waals surface area contributed by atoms with Gasteiger partial charge in [-0.05, 0) is 26.3 Å². The average molecular weight is 276 g/mol. The minimum atomic E-state index is -1.23. The van der Waals surface area contributed by atoms with Crippen molar-refractivity contribution in [2.45, 2.75) is 32.2 Å². The van der Waals surface area contributed by atoms with Crippen LogP contribution in [0.5, 0.6) is 0 Å². The number of aliphatic carboxylic acids is 1. The van der Waals surface area contributed by atoms with Gasteiger partial charge in [0.05, 0.1) is 5.02 Å². The van der Waals surface area contributed by atoms with Crippen molar-refractivity contribution in [3.63, 3.8) is 0 Å². The third-order valence-electron chi connectivity index (χ3n) is 2.21. The van der Waals surface area contributed by atoms with Gasteiger partial charge in [0, 0.05) is 16.7 Å². The second-order valence-corrected chi connectivity index (χ2v) is 5.64.